The molecule has 0 nitrogen and oxygen atoms in total. The van der Waals surface area contributed by atoms with E-state index in [1.807, 2.05) is 20.8 Å². The van der Waals surface area contributed by atoms with Crippen LogP contribution in [0.25, 0.3) is 0 Å². The lowest BCUT2D eigenvalue weighted by Gasteiger charge is -2.22. The van der Waals surface area contributed by atoms with Crippen molar-refractivity contribution in [2.24, 2.45) is 5.41 Å². The third-order valence-corrected chi connectivity index (χ3v) is 2.67. The van der Waals surface area contributed by atoms with Crippen LogP contribution in [0.1, 0.15) is 32.8 Å². The number of hydrogen-bond donors (Lipinski definition) is 0. The fourth-order valence-electron chi connectivity index (χ4n) is 1.30. The molecule has 0 saturated carbocycles. The van der Waals surface area contributed by atoms with Gasteiger partial charge in [-0.2, -0.15) is 0 Å². The standard InChI is InChI=1S/C12H16F2/c1-4-12(2,3)8-9-10(13)6-5-7-11(9)14/h5-7H,4,8H2,1-3H3. The lowest BCUT2D eigenvalue weighted by Crippen LogP contribution is -2.15. The maximum Gasteiger partial charge on any atom is 0.129 e. The largest absolute Gasteiger partial charge is 0.207 e. The summed E-state index contributed by atoms with van der Waals surface area (Å²) in [5.41, 5.74) is 0.155. The first-order valence-electron chi connectivity index (χ1n) is 4.89. The van der Waals surface area contributed by atoms with E-state index in [1.54, 1.807) is 0 Å². The van der Waals surface area contributed by atoms with Gasteiger partial charge < -0.3 is 0 Å². The first kappa shape index (κ1) is 11.2. The molecule has 2 heteroatoms. The number of halogens is 2. The highest BCUT2D eigenvalue weighted by Crippen LogP contribution is 2.27. The predicted octanol–water partition coefficient (Wildman–Crippen LogP) is 3.94. The van der Waals surface area contributed by atoms with Crippen LogP contribution in [-0.2, 0) is 6.42 Å². The van der Waals surface area contributed by atoms with Crippen molar-refractivity contribution in [1.29, 1.82) is 0 Å². The Balaban J connectivity index is 2.97. The Hall–Kier alpha value is -0.920. The zero-order chi connectivity index (χ0) is 10.8. The Bertz CT molecular complexity index is 296. The predicted molar refractivity (Wildman–Crippen MR) is 54.1 cm³/mol. The maximum absolute atomic E-state index is 13.3. The Morgan fingerprint density at radius 3 is 2.07 bits per heavy atom. The minimum absolute atomic E-state index is 0.0525. The molecule has 0 N–H and O–H groups in total. The molecule has 0 aliphatic heterocycles. The van der Waals surface area contributed by atoms with E-state index >= 15 is 0 Å². The summed E-state index contributed by atoms with van der Waals surface area (Å²) in [4.78, 5) is 0. The third kappa shape index (κ3) is 2.53. The molecule has 0 spiro atoms. The van der Waals surface area contributed by atoms with Gasteiger partial charge in [0, 0.05) is 5.56 Å². The molecular weight excluding hydrogens is 182 g/mol. The molecule has 0 amide bonds. The van der Waals surface area contributed by atoms with Crippen molar-refractivity contribution < 1.29 is 8.78 Å². The van der Waals surface area contributed by atoms with Crippen molar-refractivity contribution in [1.82, 2.24) is 0 Å². The summed E-state index contributed by atoms with van der Waals surface area (Å²) in [6.07, 6.45) is 1.35. The molecular formula is C12H16F2. The minimum atomic E-state index is -0.438. The molecule has 1 aromatic carbocycles. The van der Waals surface area contributed by atoms with E-state index < -0.39 is 11.6 Å². The van der Waals surface area contributed by atoms with Gasteiger partial charge in [-0.3, -0.25) is 0 Å². The molecule has 1 rings (SSSR count). The highest BCUT2D eigenvalue weighted by atomic mass is 19.1. The molecule has 78 valence electrons. The van der Waals surface area contributed by atoms with Gasteiger partial charge in [-0.1, -0.05) is 33.3 Å². The highest BCUT2D eigenvalue weighted by Gasteiger charge is 2.20. The van der Waals surface area contributed by atoms with Gasteiger partial charge in [-0.05, 0) is 24.0 Å². The molecule has 0 atom stereocenters. The first-order valence-corrected chi connectivity index (χ1v) is 4.89. The van der Waals surface area contributed by atoms with E-state index in [4.69, 9.17) is 0 Å². The van der Waals surface area contributed by atoms with Crippen LogP contribution in [0.15, 0.2) is 18.2 Å². The summed E-state index contributed by atoms with van der Waals surface area (Å²) in [5, 5.41) is 0. The van der Waals surface area contributed by atoms with Crippen LogP contribution in [0.3, 0.4) is 0 Å². The summed E-state index contributed by atoms with van der Waals surface area (Å²) in [7, 11) is 0. The second-order valence-electron chi connectivity index (χ2n) is 4.39. The lowest BCUT2D eigenvalue weighted by atomic mass is 9.83. The average molecular weight is 198 g/mol. The Labute approximate surface area is 84.0 Å². The van der Waals surface area contributed by atoms with Crippen molar-refractivity contribution in [2.75, 3.05) is 0 Å². The fraction of sp³-hybridized carbons (Fsp3) is 0.500. The summed E-state index contributed by atoms with van der Waals surface area (Å²) < 4.78 is 26.6. The van der Waals surface area contributed by atoms with Crippen molar-refractivity contribution in [2.45, 2.75) is 33.6 Å². The zero-order valence-corrected chi connectivity index (χ0v) is 8.90. The Morgan fingerprint density at radius 2 is 1.64 bits per heavy atom. The van der Waals surface area contributed by atoms with Crippen LogP contribution in [0.5, 0.6) is 0 Å². The van der Waals surface area contributed by atoms with Gasteiger partial charge in [0.2, 0.25) is 0 Å². The van der Waals surface area contributed by atoms with E-state index in [0.717, 1.165) is 6.42 Å². The monoisotopic (exact) mass is 198 g/mol. The second-order valence-corrected chi connectivity index (χ2v) is 4.39. The summed E-state index contributed by atoms with van der Waals surface area (Å²) in [6.45, 7) is 6.05. The number of rotatable bonds is 3. The van der Waals surface area contributed by atoms with Crippen molar-refractivity contribution in [3.63, 3.8) is 0 Å². The normalized spacial score (nSPS) is 11.8. The average Bonchev–Trinajstić information content (AvgIpc) is 2.12. The molecule has 0 bridgehead atoms. The number of hydrogen-bond acceptors (Lipinski definition) is 0. The molecule has 0 aliphatic rings. The van der Waals surface area contributed by atoms with E-state index in [2.05, 4.69) is 0 Å². The van der Waals surface area contributed by atoms with Gasteiger partial charge in [0.05, 0.1) is 0 Å². The third-order valence-electron chi connectivity index (χ3n) is 2.67. The zero-order valence-electron chi connectivity index (χ0n) is 8.90. The minimum Gasteiger partial charge on any atom is -0.207 e. The summed E-state index contributed by atoms with van der Waals surface area (Å²) in [6, 6.07) is 4.02. The van der Waals surface area contributed by atoms with Crippen LogP contribution in [0.2, 0.25) is 0 Å². The van der Waals surface area contributed by atoms with E-state index in [0.29, 0.717) is 6.42 Å². The van der Waals surface area contributed by atoms with Crippen LogP contribution in [0, 0.1) is 17.0 Å². The van der Waals surface area contributed by atoms with Crippen LogP contribution in [0.4, 0.5) is 8.78 Å². The van der Waals surface area contributed by atoms with Gasteiger partial charge in [0.25, 0.3) is 0 Å². The fourth-order valence-corrected chi connectivity index (χ4v) is 1.30. The van der Waals surface area contributed by atoms with E-state index in [-0.39, 0.29) is 11.0 Å². The molecule has 1 aromatic rings. The van der Waals surface area contributed by atoms with E-state index in [1.165, 1.54) is 18.2 Å². The quantitative estimate of drug-likeness (QED) is 0.690. The lowest BCUT2D eigenvalue weighted by molar-refractivity contribution is 0.337. The molecule has 0 unspecified atom stereocenters. The molecule has 0 aliphatic carbocycles. The summed E-state index contributed by atoms with van der Waals surface area (Å²) >= 11 is 0. The summed E-state index contributed by atoms with van der Waals surface area (Å²) in [5.74, 6) is -0.877. The van der Waals surface area contributed by atoms with Gasteiger partial charge in [-0.25, -0.2) is 8.78 Å². The Morgan fingerprint density at radius 1 is 1.14 bits per heavy atom. The molecule has 14 heavy (non-hydrogen) atoms. The first-order chi connectivity index (χ1) is 6.46. The SMILES string of the molecule is CCC(C)(C)Cc1c(F)cccc1F. The second kappa shape index (κ2) is 4.07. The van der Waals surface area contributed by atoms with Crippen LogP contribution in [-0.4, -0.2) is 0 Å². The Kier molecular flexibility index (Phi) is 3.25. The van der Waals surface area contributed by atoms with Gasteiger partial charge in [-0.15, -0.1) is 0 Å². The van der Waals surface area contributed by atoms with Crippen LogP contribution < -0.4 is 0 Å². The van der Waals surface area contributed by atoms with Gasteiger partial charge >= 0.3 is 0 Å². The molecule has 0 aromatic heterocycles. The molecule has 0 radical (unpaired) electrons. The van der Waals surface area contributed by atoms with Crippen molar-refractivity contribution in [3.05, 3.63) is 35.4 Å². The maximum atomic E-state index is 13.3. The molecule has 0 heterocycles. The van der Waals surface area contributed by atoms with Gasteiger partial charge in [0.15, 0.2) is 0 Å². The van der Waals surface area contributed by atoms with Crippen LogP contribution >= 0.6 is 0 Å². The molecule has 0 saturated heterocycles. The van der Waals surface area contributed by atoms with Crippen molar-refractivity contribution in [3.8, 4) is 0 Å². The smallest absolute Gasteiger partial charge is 0.129 e. The highest BCUT2D eigenvalue weighted by molar-refractivity contribution is 5.20. The topological polar surface area (TPSA) is 0 Å². The van der Waals surface area contributed by atoms with Gasteiger partial charge in [0.1, 0.15) is 11.6 Å². The van der Waals surface area contributed by atoms with E-state index in [9.17, 15) is 8.78 Å². The number of benzene rings is 1. The van der Waals surface area contributed by atoms with Crippen molar-refractivity contribution >= 4 is 0 Å². The molecule has 0 fully saturated rings.